The first-order valence-corrected chi connectivity index (χ1v) is 11.1. The quantitative estimate of drug-likeness (QED) is 0.367. The molecular weight excluding hydrogens is 506 g/mol. The zero-order chi connectivity index (χ0) is 23.5. The van der Waals surface area contributed by atoms with E-state index in [1.165, 1.54) is 7.11 Å². The lowest BCUT2D eigenvalue weighted by Crippen LogP contribution is -2.34. The number of aryl methyl sites for hydroxylation is 1. The third-order valence-corrected chi connectivity index (χ3v) is 5.52. The molecule has 2 N–H and O–H groups in total. The molecule has 0 aliphatic heterocycles. The summed E-state index contributed by atoms with van der Waals surface area (Å²) in [6.07, 6.45) is 0. The van der Waals surface area contributed by atoms with Crippen LogP contribution < -0.4 is 20.1 Å². The van der Waals surface area contributed by atoms with Crippen LogP contribution in [0.5, 0.6) is 11.5 Å². The number of thiocarbonyl (C=S) groups is 1. The summed E-state index contributed by atoms with van der Waals surface area (Å²) in [4.78, 5) is 14.3. The van der Waals surface area contributed by atoms with Crippen molar-refractivity contribution in [3.63, 3.8) is 0 Å². The van der Waals surface area contributed by atoms with Gasteiger partial charge in [-0.15, -0.1) is 10.2 Å². The lowest BCUT2D eigenvalue weighted by Gasteiger charge is -2.13. The van der Waals surface area contributed by atoms with Crippen LogP contribution in [-0.4, -0.2) is 40.2 Å². The third-order valence-electron chi connectivity index (χ3n) is 4.86. The largest absolute Gasteiger partial charge is 0.497 e. The number of carbonyl (C=O) groups excluding carboxylic acids is 1. The van der Waals surface area contributed by atoms with Crippen molar-refractivity contribution in [2.24, 2.45) is 0 Å². The van der Waals surface area contributed by atoms with Crippen LogP contribution in [-0.2, 0) is 0 Å². The van der Waals surface area contributed by atoms with Crippen LogP contribution in [0, 0.1) is 6.92 Å². The summed E-state index contributed by atoms with van der Waals surface area (Å²) in [7, 11) is 3.14. The lowest BCUT2D eigenvalue weighted by molar-refractivity contribution is 0.0974. The number of hydrogen-bond donors (Lipinski definition) is 2. The van der Waals surface area contributed by atoms with Crippen molar-refractivity contribution in [3.05, 3.63) is 70.2 Å². The Kier molecular flexibility index (Phi) is 6.57. The van der Waals surface area contributed by atoms with E-state index in [9.17, 15) is 4.79 Å². The number of halogens is 1. The van der Waals surface area contributed by atoms with Crippen LogP contribution in [0.4, 0.5) is 5.69 Å². The first-order valence-electron chi connectivity index (χ1n) is 9.86. The van der Waals surface area contributed by atoms with E-state index in [0.717, 1.165) is 27.0 Å². The fourth-order valence-electron chi connectivity index (χ4n) is 3.33. The summed E-state index contributed by atoms with van der Waals surface area (Å²) in [6, 6.07) is 16.5. The number of anilines is 1. The van der Waals surface area contributed by atoms with Gasteiger partial charge >= 0.3 is 0 Å². The molecule has 0 bridgehead atoms. The summed E-state index contributed by atoms with van der Waals surface area (Å²) in [6.45, 7) is 1.87. The molecule has 1 heterocycles. The summed E-state index contributed by atoms with van der Waals surface area (Å²) in [5.41, 5.74) is 4.09. The Labute approximate surface area is 204 Å². The average molecular weight is 526 g/mol. The van der Waals surface area contributed by atoms with Crippen molar-refractivity contribution in [1.29, 1.82) is 0 Å². The maximum atomic E-state index is 12.8. The highest BCUT2D eigenvalue weighted by Crippen LogP contribution is 2.28. The topological polar surface area (TPSA) is 90.3 Å². The molecule has 4 aromatic rings. The summed E-state index contributed by atoms with van der Waals surface area (Å²) >= 11 is 8.75. The molecule has 0 atom stereocenters. The molecule has 1 amide bonds. The van der Waals surface area contributed by atoms with Gasteiger partial charge in [-0.3, -0.25) is 10.1 Å². The minimum atomic E-state index is -0.375. The Morgan fingerprint density at radius 2 is 1.73 bits per heavy atom. The SMILES string of the molecule is COc1ccc(-n2nc3ccc(NC(=S)NC(=O)c4cc(Br)cc(C)c4OC)cc3n2)cc1. The molecule has 3 aromatic carbocycles. The van der Waals surface area contributed by atoms with Crippen LogP contribution in [0.2, 0.25) is 0 Å². The number of hydrogen-bond acceptors (Lipinski definition) is 6. The number of amides is 1. The molecule has 168 valence electrons. The van der Waals surface area contributed by atoms with Crippen LogP contribution in [0.3, 0.4) is 0 Å². The maximum Gasteiger partial charge on any atom is 0.261 e. The Balaban J connectivity index is 1.49. The number of nitrogens with zero attached hydrogens (tertiary/aromatic N) is 3. The smallest absolute Gasteiger partial charge is 0.261 e. The van der Waals surface area contributed by atoms with Crippen molar-refractivity contribution >= 4 is 55.9 Å². The van der Waals surface area contributed by atoms with Gasteiger partial charge in [0, 0.05) is 10.2 Å². The normalized spacial score (nSPS) is 10.7. The number of rotatable bonds is 5. The van der Waals surface area contributed by atoms with Crippen LogP contribution >= 0.6 is 28.1 Å². The van der Waals surface area contributed by atoms with E-state index < -0.39 is 0 Å². The van der Waals surface area contributed by atoms with Crippen LogP contribution in [0.25, 0.3) is 16.7 Å². The fourth-order valence-corrected chi connectivity index (χ4v) is 4.11. The second-order valence-electron chi connectivity index (χ2n) is 7.10. The number of ether oxygens (including phenoxy) is 2. The van der Waals surface area contributed by atoms with Crippen LogP contribution in [0.1, 0.15) is 15.9 Å². The first-order chi connectivity index (χ1) is 15.9. The molecule has 0 saturated heterocycles. The van der Waals surface area contributed by atoms with E-state index >= 15 is 0 Å². The first kappa shape index (κ1) is 22.7. The summed E-state index contributed by atoms with van der Waals surface area (Å²) in [5.74, 6) is 0.878. The molecule has 1 aromatic heterocycles. The van der Waals surface area contributed by atoms with E-state index in [-0.39, 0.29) is 11.0 Å². The van der Waals surface area contributed by atoms with E-state index in [2.05, 4.69) is 36.8 Å². The van der Waals surface area contributed by atoms with Gasteiger partial charge in [0.05, 0.1) is 25.5 Å². The number of nitrogens with one attached hydrogen (secondary N) is 2. The van der Waals surface area contributed by atoms with Gasteiger partial charge in [0.15, 0.2) is 5.11 Å². The lowest BCUT2D eigenvalue weighted by atomic mass is 10.1. The zero-order valence-electron chi connectivity index (χ0n) is 18.0. The second-order valence-corrected chi connectivity index (χ2v) is 8.43. The van der Waals surface area contributed by atoms with Crippen LogP contribution in [0.15, 0.2) is 59.1 Å². The number of carbonyl (C=O) groups is 1. The molecular formula is C23H20BrN5O3S. The van der Waals surface area contributed by atoms with Gasteiger partial charge in [0.2, 0.25) is 0 Å². The standard InChI is InChI=1S/C23H20BrN5O3S/c1-13-10-14(24)11-18(21(13)32-3)22(30)26-23(33)25-15-4-9-19-20(12-15)28-29(27-19)16-5-7-17(31-2)8-6-16/h4-12H,1-3H3,(H2,25,26,30,33). The molecule has 4 rings (SSSR count). The Morgan fingerprint density at radius 3 is 2.42 bits per heavy atom. The zero-order valence-corrected chi connectivity index (χ0v) is 20.5. The molecule has 0 fully saturated rings. The van der Waals surface area contributed by atoms with Gasteiger partial charge in [-0.05, 0) is 79.3 Å². The fraction of sp³-hybridized carbons (Fsp3) is 0.130. The van der Waals surface area contributed by atoms with E-state index in [1.807, 2.05) is 55.5 Å². The molecule has 8 nitrogen and oxygen atoms in total. The number of aromatic nitrogens is 3. The van der Waals surface area contributed by atoms with Crippen molar-refractivity contribution in [2.45, 2.75) is 6.92 Å². The van der Waals surface area contributed by atoms with Crippen molar-refractivity contribution in [2.75, 3.05) is 19.5 Å². The number of benzene rings is 3. The minimum absolute atomic E-state index is 0.154. The van der Waals surface area contributed by atoms with Gasteiger partial charge < -0.3 is 14.8 Å². The third kappa shape index (κ3) is 4.96. The number of methoxy groups -OCH3 is 2. The Bertz CT molecular complexity index is 1350. The summed E-state index contributed by atoms with van der Waals surface area (Å²) in [5, 5.41) is 14.9. The Hall–Kier alpha value is -3.50. The van der Waals surface area contributed by atoms with Gasteiger partial charge in [-0.25, -0.2) is 0 Å². The van der Waals surface area contributed by atoms with Crippen molar-refractivity contribution < 1.29 is 14.3 Å². The molecule has 0 unspecified atom stereocenters. The average Bonchev–Trinajstić information content (AvgIpc) is 3.22. The molecule has 0 spiro atoms. The highest BCUT2D eigenvalue weighted by atomic mass is 79.9. The van der Waals surface area contributed by atoms with Crippen molar-refractivity contribution in [1.82, 2.24) is 20.3 Å². The molecule has 0 saturated carbocycles. The highest BCUT2D eigenvalue weighted by molar-refractivity contribution is 9.10. The van der Waals surface area contributed by atoms with Gasteiger partial charge in [0.1, 0.15) is 22.5 Å². The van der Waals surface area contributed by atoms with E-state index in [4.69, 9.17) is 21.7 Å². The van der Waals surface area contributed by atoms with Gasteiger partial charge in [0.25, 0.3) is 5.91 Å². The highest BCUT2D eigenvalue weighted by Gasteiger charge is 2.17. The molecule has 0 aliphatic rings. The van der Waals surface area contributed by atoms with Gasteiger partial charge in [-0.2, -0.15) is 4.80 Å². The summed E-state index contributed by atoms with van der Waals surface area (Å²) < 4.78 is 11.3. The monoisotopic (exact) mass is 525 g/mol. The number of fused-ring (bicyclic) bond motifs is 1. The van der Waals surface area contributed by atoms with Gasteiger partial charge in [-0.1, -0.05) is 15.9 Å². The minimum Gasteiger partial charge on any atom is -0.497 e. The second kappa shape index (κ2) is 9.55. The predicted molar refractivity (Wildman–Crippen MR) is 135 cm³/mol. The molecule has 0 radical (unpaired) electrons. The Morgan fingerprint density at radius 1 is 1.00 bits per heavy atom. The van der Waals surface area contributed by atoms with Crippen molar-refractivity contribution in [3.8, 4) is 17.2 Å². The van der Waals surface area contributed by atoms with E-state index in [0.29, 0.717) is 22.5 Å². The molecule has 33 heavy (non-hydrogen) atoms. The van der Waals surface area contributed by atoms with E-state index in [1.54, 1.807) is 18.0 Å². The maximum absolute atomic E-state index is 12.8. The predicted octanol–water partition coefficient (Wildman–Crippen LogP) is 4.64. The molecule has 10 heteroatoms. The molecule has 0 aliphatic carbocycles.